The predicted molar refractivity (Wildman–Crippen MR) is 96.4 cm³/mol. The first kappa shape index (κ1) is 15.1. The highest BCUT2D eigenvalue weighted by Crippen LogP contribution is 2.33. The molecule has 0 radical (unpaired) electrons. The van der Waals surface area contributed by atoms with Crippen molar-refractivity contribution in [2.24, 2.45) is 0 Å². The second-order valence-electron chi connectivity index (χ2n) is 5.21. The molecular weight excluding hydrogens is 311 g/mol. The Labute approximate surface area is 141 Å². The van der Waals surface area contributed by atoms with Crippen molar-refractivity contribution < 1.29 is 0 Å². The zero-order chi connectivity index (χ0) is 15.4. The SMILES string of the molecule is ClCc1ccc(-c2ccc(CCl)cc2-c2ccccc2)cc1. The maximum atomic E-state index is 6.01. The lowest BCUT2D eigenvalue weighted by Gasteiger charge is -2.12. The van der Waals surface area contributed by atoms with Gasteiger partial charge >= 0.3 is 0 Å². The van der Waals surface area contributed by atoms with Crippen LogP contribution in [0.1, 0.15) is 11.1 Å². The van der Waals surface area contributed by atoms with E-state index in [2.05, 4.69) is 66.7 Å². The van der Waals surface area contributed by atoms with Crippen LogP contribution in [0.4, 0.5) is 0 Å². The van der Waals surface area contributed by atoms with E-state index in [4.69, 9.17) is 23.2 Å². The minimum absolute atomic E-state index is 0.519. The van der Waals surface area contributed by atoms with Crippen LogP contribution in [-0.4, -0.2) is 0 Å². The molecular formula is C20H16Cl2. The van der Waals surface area contributed by atoms with E-state index in [1.807, 2.05) is 6.07 Å². The van der Waals surface area contributed by atoms with Crippen molar-refractivity contribution in [3.63, 3.8) is 0 Å². The van der Waals surface area contributed by atoms with Crippen LogP contribution in [-0.2, 0) is 11.8 Å². The monoisotopic (exact) mass is 326 g/mol. The molecule has 0 bridgehead atoms. The molecule has 0 fully saturated rings. The van der Waals surface area contributed by atoms with E-state index in [0.717, 1.165) is 11.1 Å². The Kier molecular flexibility index (Phi) is 4.82. The third-order valence-electron chi connectivity index (χ3n) is 3.74. The molecule has 0 aromatic heterocycles. The third-order valence-corrected chi connectivity index (χ3v) is 4.36. The van der Waals surface area contributed by atoms with Crippen LogP contribution < -0.4 is 0 Å². The fraction of sp³-hybridized carbons (Fsp3) is 0.100. The summed E-state index contributed by atoms with van der Waals surface area (Å²) in [5.41, 5.74) is 7.06. The van der Waals surface area contributed by atoms with Crippen LogP contribution in [0, 0.1) is 0 Å². The summed E-state index contributed by atoms with van der Waals surface area (Å²) in [5, 5.41) is 0. The molecule has 0 nitrogen and oxygen atoms in total. The van der Waals surface area contributed by atoms with E-state index in [-0.39, 0.29) is 0 Å². The topological polar surface area (TPSA) is 0 Å². The van der Waals surface area contributed by atoms with Gasteiger partial charge in [-0.1, -0.05) is 66.7 Å². The second kappa shape index (κ2) is 7.00. The summed E-state index contributed by atoms with van der Waals surface area (Å²) in [6, 6.07) is 25.2. The highest BCUT2D eigenvalue weighted by atomic mass is 35.5. The molecule has 2 heteroatoms. The molecule has 3 aromatic carbocycles. The standard InChI is InChI=1S/C20H16Cl2/c21-13-15-6-9-18(10-7-15)19-11-8-16(14-22)12-20(19)17-4-2-1-3-5-17/h1-12H,13-14H2. The average molecular weight is 327 g/mol. The summed E-state index contributed by atoms with van der Waals surface area (Å²) in [5.74, 6) is 1.06. The lowest BCUT2D eigenvalue weighted by Crippen LogP contribution is -1.88. The molecule has 0 heterocycles. The van der Waals surface area contributed by atoms with E-state index in [1.54, 1.807) is 0 Å². The lowest BCUT2D eigenvalue weighted by molar-refractivity contribution is 1.38. The van der Waals surface area contributed by atoms with Gasteiger partial charge in [0.25, 0.3) is 0 Å². The molecule has 0 aliphatic carbocycles. The Hall–Kier alpha value is -1.76. The first-order valence-electron chi connectivity index (χ1n) is 7.21. The number of hydrogen-bond acceptors (Lipinski definition) is 0. The van der Waals surface area contributed by atoms with Crippen LogP contribution in [0.3, 0.4) is 0 Å². The number of halogens is 2. The summed E-state index contributed by atoms with van der Waals surface area (Å²) in [7, 11) is 0. The van der Waals surface area contributed by atoms with Gasteiger partial charge in [0.05, 0.1) is 0 Å². The Morgan fingerprint density at radius 2 is 1.14 bits per heavy atom. The van der Waals surface area contributed by atoms with Crippen molar-refractivity contribution in [1.29, 1.82) is 0 Å². The molecule has 110 valence electrons. The van der Waals surface area contributed by atoms with Crippen molar-refractivity contribution in [3.8, 4) is 22.3 Å². The molecule has 0 aliphatic rings. The van der Waals surface area contributed by atoms with E-state index < -0.39 is 0 Å². The Morgan fingerprint density at radius 1 is 0.545 bits per heavy atom. The van der Waals surface area contributed by atoms with Crippen LogP contribution in [0.25, 0.3) is 22.3 Å². The van der Waals surface area contributed by atoms with Gasteiger partial charge in [0.15, 0.2) is 0 Å². The zero-order valence-corrected chi connectivity index (χ0v) is 13.6. The molecule has 0 N–H and O–H groups in total. The fourth-order valence-electron chi connectivity index (χ4n) is 2.56. The van der Waals surface area contributed by atoms with Crippen molar-refractivity contribution in [2.45, 2.75) is 11.8 Å². The summed E-state index contributed by atoms with van der Waals surface area (Å²) >= 11 is 11.9. The van der Waals surface area contributed by atoms with Gasteiger partial charge in [-0.15, -0.1) is 23.2 Å². The normalized spacial score (nSPS) is 10.6. The summed E-state index contributed by atoms with van der Waals surface area (Å²) in [4.78, 5) is 0. The number of benzene rings is 3. The molecule has 3 rings (SSSR count). The lowest BCUT2D eigenvalue weighted by atomic mass is 9.93. The van der Waals surface area contributed by atoms with Crippen molar-refractivity contribution >= 4 is 23.2 Å². The summed E-state index contributed by atoms with van der Waals surface area (Å²) in [6.45, 7) is 0. The van der Waals surface area contributed by atoms with Gasteiger partial charge in [0, 0.05) is 11.8 Å². The van der Waals surface area contributed by atoms with Gasteiger partial charge < -0.3 is 0 Å². The molecule has 22 heavy (non-hydrogen) atoms. The van der Waals surface area contributed by atoms with Gasteiger partial charge in [-0.3, -0.25) is 0 Å². The van der Waals surface area contributed by atoms with Crippen molar-refractivity contribution in [3.05, 3.63) is 83.9 Å². The predicted octanol–water partition coefficient (Wildman–Crippen LogP) is 6.50. The average Bonchev–Trinajstić information content (AvgIpc) is 2.62. The molecule has 0 amide bonds. The van der Waals surface area contributed by atoms with Gasteiger partial charge in [-0.2, -0.15) is 0 Å². The maximum absolute atomic E-state index is 6.01. The number of alkyl halides is 2. The van der Waals surface area contributed by atoms with Gasteiger partial charge in [-0.25, -0.2) is 0 Å². The Bertz CT molecular complexity index is 746. The van der Waals surface area contributed by atoms with Crippen LogP contribution in [0.15, 0.2) is 72.8 Å². The molecule has 0 unspecified atom stereocenters. The molecule has 0 atom stereocenters. The molecule has 3 aromatic rings. The molecule has 0 saturated carbocycles. The smallest absolute Gasteiger partial charge is 0.0474 e. The van der Waals surface area contributed by atoms with Crippen molar-refractivity contribution in [1.82, 2.24) is 0 Å². The number of rotatable bonds is 4. The van der Waals surface area contributed by atoms with Gasteiger partial charge in [-0.05, 0) is 39.4 Å². The largest absolute Gasteiger partial charge is 0.122 e. The Balaban J connectivity index is 2.14. The quantitative estimate of drug-likeness (QED) is 0.480. The van der Waals surface area contributed by atoms with Crippen LogP contribution >= 0.6 is 23.2 Å². The maximum Gasteiger partial charge on any atom is 0.0474 e. The van der Waals surface area contributed by atoms with E-state index in [9.17, 15) is 0 Å². The second-order valence-corrected chi connectivity index (χ2v) is 5.74. The van der Waals surface area contributed by atoms with E-state index >= 15 is 0 Å². The minimum atomic E-state index is 0.519. The molecule has 0 aliphatic heterocycles. The molecule has 0 saturated heterocycles. The Morgan fingerprint density at radius 3 is 1.77 bits per heavy atom. The summed E-state index contributed by atoms with van der Waals surface area (Å²) < 4.78 is 0. The first-order chi connectivity index (χ1) is 10.8. The summed E-state index contributed by atoms with van der Waals surface area (Å²) in [6.07, 6.45) is 0. The van der Waals surface area contributed by atoms with Crippen LogP contribution in [0.5, 0.6) is 0 Å². The third kappa shape index (κ3) is 3.19. The minimum Gasteiger partial charge on any atom is -0.122 e. The van der Waals surface area contributed by atoms with Gasteiger partial charge in [0.1, 0.15) is 0 Å². The van der Waals surface area contributed by atoms with Gasteiger partial charge in [0.2, 0.25) is 0 Å². The highest BCUT2D eigenvalue weighted by Gasteiger charge is 2.08. The fourth-order valence-corrected chi connectivity index (χ4v) is 2.90. The number of hydrogen-bond donors (Lipinski definition) is 0. The van der Waals surface area contributed by atoms with E-state index in [1.165, 1.54) is 22.3 Å². The zero-order valence-electron chi connectivity index (χ0n) is 12.1. The first-order valence-corrected chi connectivity index (χ1v) is 8.28. The van der Waals surface area contributed by atoms with Crippen molar-refractivity contribution in [2.75, 3.05) is 0 Å². The molecule has 0 spiro atoms. The van der Waals surface area contributed by atoms with E-state index in [0.29, 0.717) is 11.8 Å². The highest BCUT2D eigenvalue weighted by molar-refractivity contribution is 6.17. The van der Waals surface area contributed by atoms with Crippen LogP contribution in [0.2, 0.25) is 0 Å².